The Balaban J connectivity index is 1.47. The van der Waals surface area contributed by atoms with Crippen molar-refractivity contribution in [1.82, 2.24) is 0 Å². The molecule has 0 amide bonds. The number of rotatable bonds is 14. The van der Waals surface area contributed by atoms with Crippen molar-refractivity contribution in [2.45, 2.75) is 124 Å². The van der Waals surface area contributed by atoms with Crippen LogP contribution in [-0.2, 0) is 25.6 Å². The Kier molecular flexibility index (Phi) is 11.4. The summed E-state index contributed by atoms with van der Waals surface area (Å²) in [5.41, 5.74) is 3.59. The Morgan fingerprint density at radius 3 is 2.29 bits per heavy atom. The highest BCUT2D eigenvalue weighted by Gasteiger charge is 2.53. The number of carbonyl (C=O) groups excluding carboxylic acids is 1. The number of fused-ring (bicyclic) bond motifs is 2. The molecule has 0 aliphatic heterocycles. The lowest BCUT2D eigenvalue weighted by Crippen LogP contribution is -2.49. The van der Waals surface area contributed by atoms with Gasteiger partial charge in [-0.05, 0) is 97.3 Å². The summed E-state index contributed by atoms with van der Waals surface area (Å²) in [6, 6.07) is 8.19. The number of methoxy groups -OCH3 is 3. The Labute approximate surface area is 256 Å². The normalized spacial score (nSPS) is 29.4. The van der Waals surface area contributed by atoms with Gasteiger partial charge in [0.05, 0.1) is 19.8 Å². The Bertz CT molecular complexity index is 1060. The molecule has 0 spiro atoms. The van der Waals surface area contributed by atoms with Crippen molar-refractivity contribution >= 4 is 5.78 Å². The fourth-order valence-corrected chi connectivity index (χ4v) is 8.64. The molecule has 3 aliphatic carbocycles. The molecule has 1 saturated carbocycles. The minimum absolute atomic E-state index is 0.116. The molecule has 236 valence electrons. The van der Waals surface area contributed by atoms with E-state index in [2.05, 4.69) is 46.8 Å². The lowest BCUT2D eigenvalue weighted by Gasteiger charge is -2.54. The van der Waals surface area contributed by atoms with Crippen LogP contribution in [0.15, 0.2) is 35.4 Å². The number of ether oxygens (including phenoxy) is 4. The molecule has 4 rings (SSSR count). The highest BCUT2D eigenvalue weighted by Crippen LogP contribution is 2.59. The molecule has 0 radical (unpaired) electrons. The van der Waals surface area contributed by atoms with Gasteiger partial charge in [-0.1, -0.05) is 71.6 Å². The molecule has 1 aromatic carbocycles. The van der Waals surface area contributed by atoms with Crippen LogP contribution in [0.4, 0.5) is 0 Å². The van der Waals surface area contributed by atoms with Gasteiger partial charge in [-0.3, -0.25) is 4.79 Å². The van der Waals surface area contributed by atoms with Crippen molar-refractivity contribution in [1.29, 1.82) is 0 Å². The molecule has 0 saturated heterocycles. The van der Waals surface area contributed by atoms with Gasteiger partial charge >= 0.3 is 0 Å². The molecule has 1 fully saturated rings. The van der Waals surface area contributed by atoms with Crippen LogP contribution in [0.5, 0.6) is 5.75 Å². The van der Waals surface area contributed by atoms with Crippen LogP contribution in [0.1, 0.15) is 111 Å². The molecule has 0 N–H and O–H groups in total. The van der Waals surface area contributed by atoms with E-state index in [0.29, 0.717) is 30.1 Å². The van der Waals surface area contributed by atoms with Crippen molar-refractivity contribution in [3.8, 4) is 5.75 Å². The molecule has 5 heteroatoms. The zero-order valence-electron chi connectivity index (χ0n) is 27.8. The quantitative estimate of drug-likeness (QED) is 0.205. The molecule has 1 aromatic rings. The zero-order valence-corrected chi connectivity index (χ0v) is 27.8. The first-order chi connectivity index (χ1) is 20.0. The summed E-state index contributed by atoms with van der Waals surface area (Å²) in [5.74, 6) is 3.27. The van der Waals surface area contributed by atoms with Crippen molar-refractivity contribution < 1.29 is 23.7 Å². The van der Waals surface area contributed by atoms with Crippen LogP contribution in [0.2, 0.25) is 0 Å². The number of allylic oxidation sites excluding steroid dienone is 2. The summed E-state index contributed by atoms with van der Waals surface area (Å²) in [7, 11) is 5.14. The predicted molar refractivity (Wildman–Crippen MR) is 169 cm³/mol. The third-order valence-corrected chi connectivity index (χ3v) is 11.5. The second kappa shape index (κ2) is 14.4. The van der Waals surface area contributed by atoms with E-state index in [9.17, 15) is 4.79 Å². The summed E-state index contributed by atoms with van der Waals surface area (Å²) in [4.78, 5) is 14.6. The summed E-state index contributed by atoms with van der Waals surface area (Å²) in [5, 5.41) is 0. The van der Waals surface area contributed by atoms with Gasteiger partial charge in [0, 0.05) is 26.1 Å². The van der Waals surface area contributed by atoms with Crippen molar-refractivity contribution in [2.24, 2.45) is 34.5 Å². The Hall–Kier alpha value is -1.69. The minimum atomic E-state index is -0.368. The van der Waals surface area contributed by atoms with Gasteiger partial charge in [-0.25, -0.2) is 0 Å². The largest absolute Gasteiger partial charge is 0.497 e. The Morgan fingerprint density at radius 1 is 0.929 bits per heavy atom. The van der Waals surface area contributed by atoms with Crippen LogP contribution in [0, 0.1) is 34.5 Å². The maximum Gasteiger partial charge on any atom is 0.164 e. The molecule has 6 atom stereocenters. The van der Waals surface area contributed by atoms with Gasteiger partial charge in [0.15, 0.2) is 12.1 Å². The van der Waals surface area contributed by atoms with Crippen LogP contribution in [0.3, 0.4) is 0 Å². The van der Waals surface area contributed by atoms with E-state index >= 15 is 0 Å². The molecular formula is C37H58O5. The molecule has 0 heterocycles. The first-order valence-electron chi connectivity index (χ1n) is 16.6. The standard InChI is InChI=1S/C37H58O5/c1-25(2)10-9-11-26(3)33(23-34(40-7)41-8)37(5)21-19-32-31(35(37)38)17-14-28-22-30(18-20-36(28,32)4)42-24-27-12-15-29(39-6)16-13-27/h12-13,15-16,25-26,28,30,33-34H,9-11,14,17-24H2,1-8H3/t26-,28+,30+,33-,36+,37-/m1/s1. The first-order valence-corrected chi connectivity index (χ1v) is 16.6. The van der Waals surface area contributed by atoms with E-state index in [1.807, 2.05) is 12.1 Å². The monoisotopic (exact) mass is 582 g/mol. The second-order valence-corrected chi connectivity index (χ2v) is 14.5. The smallest absolute Gasteiger partial charge is 0.164 e. The van der Waals surface area contributed by atoms with Crippen LogP contribution in [-0.4, -0.2) is 39.5 Å². The Morgan fingerprint density at radius 2 is 1.64 bits per heavy atom. The van der Waals surface area contributed by atoms with Gasteiger partial charge in [-0.15, -0.1) is 0 Å². The fourth-order valence-electron chi connectivity index (χ4n) is 8.64. The summed E-state index contributed by atoms with van der Waals surface area (Å²) in [6.07, 6.45) is 11.6. The van der Waals surface area contributed by atoms with Gasteiger partial charge in [0.25, 0.3) is 0 Å². The number of Topliss-reactive ketones (excluding diaryl/α,β-unsaturated/α-hetero) is 1. The molecule has 0 aromatic heterocycles. The number of benzene rings is 1. The molecular weight excluding hydrogens is 524 g/mol. The van der Waals surface area contributed by atoms with E-state index in [-0.39, 0.29) is 29.1 Å². The average molecular weight is 583 g/mol. The molecule has 5 nitrogen and oxygen atoms in total. The van der Waals surface area contributed by atoms with Crippen LogP contribution >= 0.6 is 0 Å². The van der Waals surface area contributed by atoms with Crippen molar-refractivity contribution in [2.75, 3.05) is 21.3 Å². The summed E-state index contributed by atoms with van der Waals surface area (Å²) < 4.78 is 23.1. The SMILES string of the molecule is COc1ccc(CO[C@H]2CC[C@]3(C)C4=C(CC[C@H]3C2)C(=O)[C@@](C)([C@H](CC(OC)OC)[C@H](C)CCCC(C)C)CC4)cc1. The molecule has 3 aliphatic rings. The number of hydrogen-bond donors (Lipinski definition) is 0. The van der Waals surface area contributed by atoms with E-state index in [1.165, 1.54) is 29.6 Å². The molecule has 0 unspecified atom stereocenters. The lowest BCUT2D eigenvalue weighted by atomic mass is 9.51. The summed E-state index contributed by atoms with van der Waals surface area (Å²) >= 11 is 0. The third kappa shape index (κ3) is 7.16. The lowest BCUT2D eigenvalue weighted by molar-refractivity contribution is -0.144. The van der Waals surface area contributed by atoms with Gasteiger partial charge in [0.1, 0.15) is 5.75 Å². The van der Waals surface area contributed by atoms with Gasteiger partial charge < -0.3 is 18.9 Å². The molecule has 42 heavy (non-hydrogen) atoms. The van der Waals surface area contributed by atoms with Crippen molar-refractivity contribution in [3.63, 3.8) is 0 Å². The van der Waals surface area contributed by atoms with Crippen LogP contribution in [0.25, 0.3) is 0 Å². The summed E-state index contributed by atoms with van der Waals surface area (Å²) in [6.45, 7) is 12.3. The first kappa shape index (κ1) is 33.2. The maximum absolute atomic E-state index is 14.6. The van der Waals surface area contributed by atoms with E-state index < -0.39 is 0 Å². The third-order valence-electron chi connectivity index (χ3n) is 11.5. The predicted octanol–water partition coefficient (Wildman–Crippen LogP) is 8.93. The van der Waals surface area contributed by atoms with E-state index in [0.717, 1.165) is 63.5 Å². The minimum Gasteiger partial charge on any atom is -0.497 e. The van der Waals surface area contributed by atoms with Gasteiger partial charge in [0.2, 0.25) is 0 Å². The number of carbonyl (C=O) groups is 1. The zero-order chi connectivity index (χ0) is 30.5. The highest BCUT2D eigenvalue weighted by molar-refractivity contribution is 6.01. The van der Waals surface area contributed by atoms with Gasteiger partial charge in [-0.2, -0.15) is 0 Å². The maximum atomic E-state index is 14.6. The fraction of sp³-hybridized carbons (Fsp3) is 0.757. The van der Waals surface area contributed by atoms with E-state index in [4.69, 9.17) is 18.9 Å². The second-order valence-electron chi connectivity index (χ2n) is 14.5. The van der Waals surface area contributed by atoms with E-state index in [1.54, 1.807) is 21.3 Å². The molecule has 0 bridgehead atoms. The topological polar surface area (TPSA) is 54.0 Å². The number of ketones is 1. The van der Waals surface area contributed by atoms with Crippen molar-refractivity contribution in [3.05, 3.63) is 41.0 Å². The van der Waals surface area contributed by atoms with Crippen LogP contribution < -0.4 is 4.74 Å². The average Bonchev–Trinajstić information content (AvgIpc) is 2.98. The number of hydrogen-bond acceptors (Lipinski definition) is 5. The highest BCUT2D eigenvalue weighted by atomic mass is 16.7.